The normalized spacial score (nSPS) is 14.1. The molecule has 0 radical (unpaired) electrons. The molecule has 0 fully saturated rings. The lowest BCUT2D eigenvalue weighted by atomic mass is 10.0. The van der Waals surface area contributed by atoms with E-state index in [4.69, 9.17) is 0 Å². The van der Waals surface area contributed by atoms with E-state index >= 15 is 0 Å². The fourth-order valence-electron chi connectivity index (χ4n) is 0.983. The summed E-state index contributed by atoms with van der Waals surface area (Å²) in [5, 5.41) is 0. The Hall–Kier alpha value is -0.380. The maximum absolute atomic E-state index is 11.3. The second-order valence-corrected chi connectivity index (χ2v) is 5.77. The standard InChI is InChI=1S/C9H18O3S/c1-4-8(2)9(10)6-5-7-13(3,11)12/h8H,4-7H2,1-3H3. The Labute approximate surface area is 80.4 Å². The first-order chi connectivity index (χ1) is 5.87. The van der Waals surface area contributed by atoms with Gasteiger partial charge in [-0.2, -0.15) is 0 Å². The van der Waals surface area contributed by atoms with E-state index in [1.165, 1.54) is 6.26 Å². The molecular weight excluding hydrogens is 188 g/mol. The summed E-state index contributed by atoms with van der Waals surface area (Å²) < 4.78 is 21.5. The summed E-state index contributed by atoms with van der Waals surface area (Å²) >= 11 is 0. The Morgan fingerprint density at radius 3 is 2.31 bits per heavy atom. The van der Waals surface area contributed by atoms with Crippen LogP contribution in [0.15, 0.2) is 0 Å². The molecule has 0 aliphatic carbocycles. The van der Waals surface area contributed by atoms with Crippen LogP contribution in [0.3, 0.4) is 0 Å². The number of rotatable bonds is 6. The molecule has 0 aromatic carbocycles. The molecule has 0 rings (SSSR count). The first-order valence-corrected chi connectivity index (χ1v) is 6.63. The van der Waals surface area contributed by atoms with E-state index in [-0.39, 0.29) is 17.5 Å². The molecule has 4 heteroatoms. The van der Waals surface area contributed by atoms with Crippen molar-refractivity contribution in [3.05, 3.63) is 0 Å². The third-order valence-corrected chi connectivity index (χ3v) is 3.13. The van der Waals surface area contributed by atoms with Gasteiger partial charge in [0.1, 0.15) is 15.6 Å². The lowest BCUT2D eigenvalue weighted by Gasteiger charge is -2.05. The minimum absolute atomic E-state index is 0.0690. The predicted octanol–water partition coefficient (Wildman–Crippen LogP) is 1.43. The van der Waals surface area contributed by atoms with Crippen LogP contribution in [0.2, 0.25) is 0 Å². The first-order valence-electron chi connectivity index (χ1n) is 4.57. The van der Waals surface area contributed by atoms with Gasteiger partial charge in [0.15, 0.2) is 0 Å². The molecule has 13 heavy (non-hydrogen) atoms. The monoisotopic (exact) mass is 206 g/mol. The molecule has 0 bridgehead atoms. The van der Waals surface area contributed by atoms with Gasteiger partial charge in [0.25, 0.3) is 0 Å². The average molecular weight is 206 g/mol. The van der Waals surface area contributed by atoms with Crippen LogP contribution < -0.4 is 0 Å². The molecule has 1 atom stereocenters. The number of carbonyl (C=O) groups is 1. The molecule has 0 aromatic heterocycles. The summed E-state index contributed by atoms with van der Waals surface area (Å²) in [7, 11) is -2.90. The smallest absolute Gasteiger partial charge is 0.147 e. The van der Waals surface area contributed by atoms with E-state index in [1.807, 2.05) is 13.8 Å². The Morgan fingerprint density at radius 1 is 1.38 bits per heavy atom. The highest BCUT2D eigenvalue weighted by Gasteiger charge is 2.11. The van der Waals surface area contributed by atoms with Gasteiger partial charge < -0.3 is 0 Å². The van der Waals surface area contributed by atoms with Gasteiger partial charge in [-0.25, -0.2) is 8.42 Å². The third kappa shape index (κ3) is 6.75. The highest BCUT2D eigenvalue weighted by atomic mass is 32.2. The largest absolute Gasteiger partial charge is 0.299 e. The highest BCUT2D eigenvalue weighted by Crippen LogP contribution is 2.07. The van der Waals surface area contributed by atoms with E-state index < -0.39 is 9.84 Å². The molecule has 0 aliphatic rings. The zero-order chi connectivity index (χ0) is 10.5. The fourth-order valence-corrected chi connectivity index (χ4v) is 1.65. The molecule has 0 saturated carbocycles. The maximum Gasteiger partial charge on any atom is 0.147 e. The van der Waals surface area contributed by atoms with Crippen LogP contribution in [-0.2, 0) is 14.6 Å². The third-order valence-electron chi connectivity index (χ3n) is 2.10. The van der Waals surface area contributed by atoms with Gasteiger partial charge in [0.05, 0.1) is 5.75 Å². The Kier molecular flexibility index (Phi) is 5.21. The van der Waals surface area contributed by atoms with Crippen LogP contribution in [-0.4, -0.2) is 26.2 Å². The van der Waals surface area contributed by atoms with Crippen molar-refractivity contribution >= 4 is 15.6 Å². The van der Waals surface area contributed by atoms with Crippen molar-refractivity contribution < 1.29 is 13.2 Å². The SMILES string of the molecule is CCC(C)C(=O)CCCS(C)(=O)=O. The number of sulfone groups is 1. The average Bonchev–Trinajstić information content (AvgIpc) is 2.00. The van der Waals surface area contributed by atoms with Gasteiger partial charge in [-0.15, -0.1) is 0 Å². The van der Waals surface area contributed by atoms with E-state index in [0.717, 1.165) is 6.42 Å². The fraction of sp³-hybridized carbons (Fsp3) is 0.889. The lowest BCUT2D eigenvalue weighted by molar-refractivity contribution is -0.122. The molecule has 0 spiro atoms. The summed E-state index contributed by atoms with van der Waals surface area (Å²) in [5.41, 5.74) is 0. The van der Waals surface area contributed by atoms with Gasteiger partial charge in [-0.3, -0.25) is 4.79 Å². The quantitative estimate of drug-likeness (QED) is 0.660. The molecule has 3 nitrogen and oxygen atoms in total. The van der Waals surface area contributed by atoms with Gasteiger partial charge in [-0.1, -0.05) is 13.8 Å². The lowest BCUT2D eigenvalue weighted by Crippen LogP contribution is -2.12. The summed E-state index contributed by atoms with van der Waals surface area (Å²) in [5.74, 6) is 0.362. The van der Waals surface area contributed by atoms with Crippen LogP contribution in [0.5, 0.6) is 0 Å². The van der Waals surface area contributed by atoms with Gasteiger partial charge >= 0.3 is 0 Å². The van der Waals surface area contributed by atoms with Crippen molar-refractivity contribution in [3.63, 3.8) is 0 Å². The molecular formula is C9H18O3S. The van der Waals surface area contributed by atoms with E-state index in [1.54, 1.807) is 0 Å². The second-order valence-electron chi connectivity index (χ2n) is 3.51. The second kappa shape index (κ2) is 5.37. The van der Waals surface area contributed by atoms with Gasteiger partial charge in [0, 0.05) is 18.6 Å². The van der Waals surface area contributed by atoms with Crippen LogP contribution in [0.25, 0.3) is 0 Å². The molecule has 0 saturated heterocycles. The molecule has 0 aliphatic heterocycles. The van der Waals surface area contributed by atoms with E-state index in [9.17, 15) is 13.2 Å². The number of ketones is 1. The molecule has 0 aromatic rings. The number of Topliss-reactive ketones (excluding diaryl/α,β-unsaturated/α-hetero) is 1. The zero-order valence-corrected chi connectivity index (χ0v) is 9.36. The van der Waals surface area contributed by atoms with Crippen LogP contribution in [0, 0.1) is 5.92 Å². The van der Waals surface area contributed by atoms with Crippen molar-refractivity contribution in [2.24, 2.45) is 5.92 Å². The minimum Gasteiger partial charge on any atom is -0.299 e. The van der Waals surface area contributed by atoms with Crippen LogP contribution in [0.4, 0.5) is 0 Å². The highest BCUT2D eigenvalue weighted by molar-refractivity contribution is 7.90. The Balaban J connectivity index is 3.72. The molecule has 78 valence electrons. The van der Waals surface area contributed by atoms with Crippen molar-refractivity contribution in [1.29, 1.82) is 0 Å². The summed E-state index contributed by atoms with van der Waals surface area (Å²) in [6.07, 6.45) is 2.88. The predicted molar refractivity (Wildman–Crippen MR) is 53.4 cm³/mol. The van der Waals surface area contributed by atoms with Gasteiger partial charge in [0.2, 0.25) is 0 Å². The summed E-state index contributed by atoms with van der Waals surface area (Å²) in [4.78, 5) is 11.3. The van der Waals surface area contributed by atoms with Crippen molar-refractivity contribution in [2.75, 3.05) is 12.0 Å². The van der Waals surface area contributed by atoms with Crippen molar-refractivity contribution in [2.45, 2.75) is 33.1 Å². The van der Waals surface area contributed by atoms with Crippen molar-refractivity contribution in [3.8, 4) is 0 Å². The number of carbonyl (C=O) groups excluding carboxylic acids is 1. The molecule has 0 N–H and O–H groups in total. The van der Waals surface area contributed by atoms with E-state index in [2.05, 4.69) is 0 Å². The molecule has 1 unspecified atom stereocenters. The number of hydrogen-bond acceptors (Lipinski definition) is 3. The van der Waals surface area contributed by atoms with Crippen LogP contribution >= 0.6 is 0 Å². The number of hydrogen-bond donors (Lipinski definition) is 0. The van der Waals surface area contributed by atoms with Gasteiger partial charge in [-0.05, 0) is 12.8 Å². The Bertz CT molecular complexity index is 254. The molecule has 0 heterocycles. The minimum atomic E-state index is -2.90. The Morgan fingerprint density at radius 2 is 1.92 bits per heavy atom. The van der Waals surface area contributed by atoms with Crippen molar-refractivity contribution in [1.82, 2.24) is 0 Å². The van der Waals surface area contributed by atoms with Crippen LogP contribution in [0.1, 0.15) is 33.1 Å². The zero-order valence-electron chi connectivity index (χ0n) is 8.54. The van der Waals surface area contributed by atoms with E-state index in [0.29, 0.717) is 12.8 Å². The summed E-state index contributed by atoms with van der Waals surface area (Å²) in [6, 6.07) is 0. The molecule has 0 amide bonds. The topological polar surface area (TPSA) is 51.2 Å². The maximum atomic E-state index is 11.3. The summed E-state index contributed by atoms with van der Waals surface area (Å²) in [6.45, 7) is 3.84. The first kappa shape index (κ1) is 12.6.